The molecule has 2 rings (SSSR count). The molecule has 0 spiro atoms. The minimum absolute atomic E-state index is 0.268. The van der Waals surface area contributed by atoms with Crippen molar-refractivity contribution in [3.63, 3.8) is 0 Å². The van der Waals surface area contributed by atoms with E-state index in [9.17, 15) is 4.79 Å². The van der Waals surface area contributed by atoms with Gasteiger partial charge in [0.25, 0.3) is 0 Å². The van der Waals surface area contributed by atoms with Crippen molar-refractivity contribution < 1.29 is 4.79 Å². The van der Waals surface area contributed by atoms with Gasteiger partial charge in [-0.05, 0) is 36.4 Å². The number of carbonyl (C=O) groups excluding carboxylic acids is 1. The van der Waals surface area contributed by atoms with Gasteiger partial charge in [-0.25, -0.2) is 4.79 Å². The molecular formula is C14H8Cl3N3O. The summed E-state index contributed by atoms with van der Waals surface area (Å²) in [5.41, 5.74) is 1.31. The molecule has 0 aliphatic rings. The molecule has 2 amide bonds. The van der Waals surface area contributed by atoms with Crippen molar-refractivity contribution in [3.05, 3.63) is 57.0 Å². The molecule has 21 heavy (non-hydrogen) atoms. The summed E-state index contributed by atoms with van der Waals surface area (Å²) in [7, 11) is 0. The Morgan fingerprint density at radius 2 is 1.48 bits per heavy atom. The lowest BCUT2D eigenvalue weighted by molar-refractivity contribution is 0.262. The molecule has 0 heterocycles. The van der Waals surface area contributed by atoms with Crippen LogP contribution in [0.2, 0.25) is 15.1 Å². The smallest absolute Gasteiger partial charge is 0.308 e. The third-order valence-electron chi connectivity index (χ3n) is 2.52. The van der Waals surface area contributed by atoms with Gasteiger partial charge in [0.2, 0.25) is 0 Å². The van der Waals surface area contributed by atoms with Gasteiger partial charge in [0.05, 0.1) is 20.6 Å². The van der Waals surface area contributed by atoms with E-state index in [1.807, 2.05) is 6.07 Å². The fourth-order valence-corrected chi connectivity index (χ4v) is 2.07. The number of benzene rings is 2. The maximum atomic E-state index is 11.8. The summed E-state index contributed by atoms with van der Waals surface area (Å²) >= 11 is 17.5. The van der Waals surface area contributed by atoms with Crippen molar-refractivity contribution in [2.24, 2.45) is 0 Å². The molecule has 0 unspecified atom stereocenters. The van der Waals surface area contributed by atoms with Crippen molar-refractivity contribution in [1.29, 1.82) is 5.26 Å². The largest absolute Gasteiger partial charge is 0.323 e. The van der Waals surface area contributed by atoms with Crippen molar-refractivity contribution in [1.82, 2.24) is 0 Å². The highest BCUT2D eigenvalue weighted by atomic mass is 35.5. The monoisotopic (exact) mass is 339 g/mol. The first-order chi connectivity index (χ1) is 9.99. The molecule has 4 nitrogen and oxygen atoms in total. The van der Waals surface area contributed by atoms with E-state index in [0.29, 0.717) is 27.0 Å². The Kier molecular flexibility index (Phi) is 4.92. The molecule has 7 heteroatoms. The van der Waals surface area contributed by atoms with Gasteiger partial charge >= 0.3 is 6.03 Å². The maximum absolute atomic E-state index is 11.8. The quantitative estimate of drug-likeness (QED) is 0.792. The highest BCUT2D eigenvalue weighted by molar-refractivity contribution is 6.42. The van der Waals surface area contributed by atoms with Crippen LogP contribution in [-0.4, -0.2) is 6.03 Å². The minimum atomic E-state index is -0.464. The molecule has 0 aromatic heterocycles. The SMILES string of the molecule is N#Cc1ccc(NC(=O)Nc2ccc(Cl)c(Cl)c2)cc1Cl. The summed E-state index contributed by atoms with van der Waals surface area (Å²) in [6.45, 7) is 0. The second-order valence-electron chi connectivity index (χ2n) is 4.01. The van der Waals surface area contributed by atoms with Gasteiger partial charge in [-0.15, -0.1) is 0 Å². The lowest BCUT2D eigenvalue weighted by Gasteiger charge is -2.09. The number of hydrogen-bond acceptors (Lipinski definition) is 2. The van der Waals surface area contributed by atoms with Gasteiger partial charge in [0, 0.05) is 11.4 Å². The summed E-state index contributed by atoms with van der Waals surface area (Å²) in [4.78, 5) is 11.8. The molecule has 0 saturated heterocycles. The average Bonchev–Trinajstić information content (AvgIpc) is 2.43. The van der Waals surface area contributed by atoms with Crippen molar-refractivity contribution in [2.75, 3.05) is 10.6 Å². The number of carbonyl (C=O) groups is 1. The van der Waals surface area contributed by atoms with E-state index in [4.69, 9.17) is 40.1 Å². The zero-order valence-electron chi connectivity index (χ0n) is 10.5. The third kappa shape index (κ3) is 4.02. The molecule has 0 saturated carbocycles. The molecule has 0 atom stereocenters. The lowest BCUT2D eigenvalue weighted by atomic mass is 10.2. The first kappa shape index (κ1) is 15.5. The third-order valence-corrected chi connectivity index (χ3v) is 3.58. The van der Waals surface area contributed by atoms with Crippen LogP contribution >= 0.6 is 34.8 Å². The fourth-order valence-electron chi connectivity index (χ4n) is 1.55. The molecule has 0 fully saturated rings. The number of nitrogens with zero attached hydrogens (tertiary/aromatic N) is 1. The molecule has 0 aliphatic carbocycles. The second-order valence-corrected chi connectivity index (χ2v) is 5.24. The van der Waals surface area contributed by atoms with Gasteiger partial charge in [0.15, 0.2) is 0 Å². The number of anilines is 2. The molecule has 106 valence electrons. The van der Waals surface area contributed by atoms with Crippen LogP contribution in [0.1, 0.15) is 5.56 Å². The second kappa shape index (κ2) is 6.68. The molecular weight excluding hydrogens is 333 g/mol. The predicted octanol–water partition coefficient (Wildman–Crippen LogP) is 5.16. The number of hydrogen-bond donors (Lipinski definition) is 2. The van der Waals surface area contributed by atoms with E-state index in [1.54, 1.807) is 18.2 Å². The van der Waals surface area contributed by atoms with E-state index in [1.165, 1.54) is 18.2 Å². The Hall–Kier alpha value is -1.93. The Morgan fingerprint density at radius 1 is 0.905 bits per heavy atom. The van der Waals surface area contributed by atoms with Crippen LogP contribution in [-0.2, 0) is 0 Å². The van der Waals surface area contributed by atoms with Gasteiger partial charge in [0.1, 0.15) is 6.07 Å². The number of nitriles is 1. The topological polar surface area (TPSA) is 64.9 Å². The first-order valence-corrected chi connectivity index (χ1v) is 6.85. The number of rotatable bonds is 2. The minimum Gasteiger partial charge on any atom is -0.308 e. The van der Waals surface area contributed by atoms with Crippen LogP contribution in [0.15, 0.2) is 36.4 Å². The Bertz CT molecular complexity index is 741. The first-order valence-electron chi connectivity index (χ1n) is 5.72. The Labute approximate surface area is 136 Å². The normalized spacial score (nSPS) is 9.81. The van der Waals surface area contributed by atoms with Crippen LogP contribution < -0.4 is 10.6 Å². The summed E-state index contributed by atoms with van der Waals surface area (Å²) < 4.78 is 0. The van der Waals surface area contributed by atoms with Crippen LogP contribution in [0.5, 0.6) is 0 Å². The van der Waals surface area contributed by atoms with E-state index in [-0.39, 0.29) is 5.02 Å². The number of halogens is 3. The molecule has 0 aliphatic heterocycles. The van der Waals surface area contributed by atoms with Crippen molar-refractivity contribution >= 4 is 52.2 Å². The van der Waals surface area contributed by atoms with Crippen molar-refractivity contribution in [3.8, 4) is 6.07 Å². The van der Waals surface area contributed by atoms with Crippen LogP contribution in [0.4, 0.5) is 16.2 Å². The van der Waals surface area contributed by atoms with Crippen LogP contribution in [0.3, 0.4) is 0 Å². The summed E-state index contributed by atoms with van der Waals surface area (Å²) in [5, 5.41) is 15.0. The van der Waals surface area contributed by atoms with E-state index < -0.39 is 6.03 Å². The van der Waals surface area contributed by atoms with E-state index >= 15 is 0 Å². The zero-order valence-corrected chi connectivity index (χ0v) is 12.7. The Morgan fingerprint density at radius 3 is 2.00 bits per heavy atom. The summed E-state index contributed by atoms with van der Waals surface area (Å²) in [6, 6.07) is 10.8. The van der Waals surface area contributed by atoms with Crippen molar-refractivity contribution in [2.45, 2.75) is 0 Å². The summed E-state index contributed by atoms with van der Waals surface area (Å²) in [6.07, 6.45) is 0. The zero-order chi connectivity index (χ0) is 15.4. The molecule has 0 radical (unpaired) electrons. The standard InChI is InChI=1S/C14H8Cl3N3O/c15-11-4-3-10(6-13(11)17)20-14(21)19-9-2-1-8(7-18)12(16)5-9/h1-6H,(H2,19,20,21). The van der Waals surface area contributed by atoms with Gasteiger partial charge in [-0.2, -0.15) is 5.26 Å². The predicted molar refractivity (Wildman–Crippen MR) is 85.3 cm³/mol. The van der Waals surface area contributed by atoms with E-state index in [0.717, 1.165) is 0 Å². The van der Waals surface area contributed by atoms with Crippen LogP contribution in [0, 0.1) is 11.3 Å². The highest BCUT2D eigenvalue weighted by Crippen LogP contribution is 2.25. The number of amides is 2. The summed E-state index contributed by atoms with van der Waals surface area (Å²) in [5.74, 6) is 0. The van der Waals surface area contributed by atoms with E-state index in [2.05, 4.69) is 10.6 Å². The molecule has 2 aromatic carbocycles. The molecule has 2 N–H and O–H groups in total. The molecule has 0 bridgehead atoms. The van der Waals surface area contributed by atoms with Gasteiger partial charge in [-0.3, -0.25) is 0 Å². The van der Waals surface area contributed by atoms with Gasteiger partial charge in [-0.1, -0.05) is 34.8 Å². The maximum Gasteiger partial charge on any atom is 0.323 e. The Balaban J connectivity index is 2.06. The van der Waals surface area contributed by atoms with Gasteiger partial charge < -0.3 is 10.6 Å². The fraction of sp³-hybridized carbons (Fsp3) is 0. The molecule has 2 aromatic rings. The highest BCUT2D eigenvalue weighted by Gasteiger charge is 2.06. The number of urea groups is 1. The lowest BCUT2D eigenvalue weighted by Crippen LogP contribution is -2.19. The van der Waals surface area contributed by atoms with Crippen LogP contribution in [0.25, 0.3) is 0 Å². The average molecular weight is 341 g/mol. The number of nitrogens with one attached hydrogen (secondary N) is 2.